The summed E-state index contributed by atoms with van der Waals surface area (Å²) in [7, 11) is 0. The zero-order chi connectivity index (χ0) is 22.5. The van der Waals surface area contributed by atoms with Gasteiger partial charge in [0.05, 0.1) is 11.6 Å². The highest BCUT2D eigenvalue weighted by Gasteiger charge is 2.26. The van der Waals surface area contributed by atoms with Crippen LogP contribution in [0.4, 0.5) is 13.2 Å². The maximum absolute atomic E-state index is 12.5. The second-order valence-electron chi connectivity index (χ2n) is 7.68. The normalized spacial score (nSPS) is 12.7. The molecule has 2 rings (SSSR count). The van der Waals surface area contributed by atoms with E-state index in [2.05, 4.69) is 15.3 Å². The Hall–Kier alpha value is -2.77. The number of hydrogen-bond donors (Lipinski definition) is 1. The van der Waals surface area contributed by atoms with Crippen molar-refractivity contribution in [3.05, 3.63) is 58.7 Å². The summed E-state index contributed by atoms with van der Waals surface area (Å²) in [6, 6.07) is 6.18. The number of halogens is 3. The largest absolute Gasteiger partial charge is 0.389 e. The van der Waals surface area contributed by atoms with Crippen molar-refractivity contribution < 1.29 is 22.8 Å². The topological polar surface area (TPSA) is 72.0 Å². The fourth-order valence-corrected chi connectivity index (χ4v) is 2.83. The highest BCUT2D eigenvalue weighted by Crippen LogP contribution is 2.21. The number of carbonyl (C=O) groups is 2. The van der Waals surface area contributed by atoms with E-state index in [-0.39, 0.29) is 47.7 Å². The lowest BCUT2D eigenvalue weighted by atomic mass is 10.0. The SMILES string of the molecule is Cc1cc(C(C)NC(=O)c2ccc(CCC(F)(F)F)nc2)cc(CC(=O)C(C)C)n1. The Labute approximate surface area is 174 Å². The molecule has 1 N–H and O–H groups in total. The highest BCUT2D eigenvalue weighted by molar-refractivity contribution is 5.94. The van der Waals surface area contributed by atoms with E-state index in [1.807, 2.05) is 33.8 Å². The summed E-state index contributed by atoms with van der Waals surface area (Å²) in [5.74, 6) is -0.376. The zero-order valence-electron chi connectivity index (χ0n) is 17.5. The van der Waals surface area contributed by atoms with E-state index in [9.17, 15) is 22.8 Å². The van der Waals surface area contributed by atoms with Gasteiger partial charge in [0.25, 0.3) is 5.91 Å². The molecule has 0 radical (unpaired) electrons. The first-order chi connectivity index (χ1) is 13.9. The summed E-state index contributed by atoms with van der Waals surface area (Å²) in [6.45, 7) is 7.31. The standard InChI is InChI=1S/C22H26F3N3O2/c1-13(2)20(29)11-19-10-17(9-14(3)27-19)15(4)28-21(30)16-5-6-18(26-12-16)7-8-22(23,24)25/h5-6,9-10,12-13,15H,7-8,11H2,1-4H3,(H,28,30). The number of aromatic nitrogens is 2. The minimum Gasteiger partial charge on any atom is -0.345 e. The van der Waals surface area contributed by atoms with Crippen molar-refractivity contribution in [1.82, 2.24) is 15.3 Å². The maximum atomic E-state index is 12.5. The fraction of sp³-hybridized carbons (Fsp3) is 0.455. The van der Waals surface area contributed by atoms with Gasteiger partial charge in [-0.15, -0.1) is 0 Å². The summed E-state index contributed by atoms with van der Waals surface area (Å²) in [4.78, 5) is 32.9. The summed E-state index contributed by atoms with van der Waals surface area (Å²) in [5.41, 5.74) is 2.76. The smallest absolute Gasteiger partial charge is 0.345 e. The van der Waals surface area contributed by atoms with Gasteiger partial charge in [-0.2, -0.15) is 13.2 Å². The number of pyridine rings is 2. The van der Waals surface area contributed by atoms with E-state index in [0.29, 0.717) is 5.69 Å². The van der Waals surface area contributed by atoms with Crippen LogP contribution in [0.25, 0.3) is 0 Å². The van der Waals surface area contributed by atoms with Gasteiger partial charge in [0.1, 0.15) is 5.78 Å². The molecule has 0 fully saturated rings. The molecule has 0 aliphatic rings. The Morgan fingerprint density at radius 1 is 1.10 bits per heavy atom. The minimum absolute atomic E-state index is 0.0838. The first-order valence-corrected chi connectivity index (χ1v) is 9.77. The van der Waals surface area contributed by atoms with Crippen molar-refractivity contribution in [2.24, 2.45) is 5.92 Å². The molecule has 1 amide bonds. The molecule has 0 bridgehead atoms. The van der Waals surface area contributed by atoms with Crippen molar-refractivity contribution in [3.8, 4) is 0 Å². The Kier molecular flexibility index (Phi) is 7.70. The zero-order valence-corrected chi connectivity index (χ0v) is 17.5. The Bertz CT molecular complexity index is 893. The van der Waals surface area contributed by atoms with Crippen LogP contribution in [-0.4, -0.2) is 27.8 Å². The molecular formula is C22H26F3N3O2. The van der Waals surface area contributed by atoms with Crippen molar-refractivity contribution >= 4 is 11.7 Å². The number of nitrogens with zero attached hydrogens (tertiary/aromatic N) is 2. The average molecular weight is 421 g/mol. The number of hydrogen-bond acceptors (Lipinski definition) is 4. The lowest BCUT2D eigenvalue weighted by molar-refractivity contribution is -0.134. The van der Waals surface area contributed by atoms with E-state index in [1.165, 1.54) is 18.3 Å². The summed E-state index contributed by atoms with van der Waals surface area (Å²) in [6.07, 6.45) is -3.91. The first kappa shape index (κ1) is 23.5. The van der Waals surface area contributed by atoms with Gasteiger partial charge in [-0.25, -0.2) is 0 Å². The third kappa shape index (κ3) is 7.24. The average Bonchev–Trinajstić information content (AvgIpc) is 2.65. The van der Waals surface area contributed by atoms with Crippen LogP contribution in [0.2, 0.25) is 0 Å². The molecule has 2 heterocycles. The monoisotopic (exact) mass is 421 g/mol. The summed E-state index contributed by atoms with van der Waals surface area (Å²) < 4.78 is 36.9. The second-order valence-corrected chi connectivity index (χ2v) is 7.68. The number of amides is 1. The van der Waals surface area contributed by atoms with Gasteiger partial charge >= 0.3 is 6.18 Å². The predicted molar refractivity (Wildman–Crippen MR) is 107 cm³/mol. The number of aryl methyl sites for hydroxylation is 2. The van der Waals surface area contributed by atoms with Gasteiger partial charge in [0.15, 0.2) is 0 Å². The summed E-state index contributed by atoms with van der Waals surface area (Å²) >= 11 is 0. The molecule has 2 aromatic rings. The molecule has 0 spiro atoms. The molecule has 5 nitrogen and oxygen atoms in total. The molecule has 162 valence electrons. The second kappa shape index (κ2) is 9.82. The van der Waals surface area contributed by atoms with Gasteiger partial charge in [-0.1, -0.05) is 13.8 Å². The summed E-state index contributed by atoms with van der Waals surface area (Å²) in [5, 5.41) is 2.85. The van der Waals surface area contributed by atoms with Crippen LogP contribution in [0.15, 0.2) is 30.5 Å². The molecule has 0 saturated carbocycles. The molecule has 30 heavy (non-hydrogen) atoms. The number of ketones is 1. The highest BCUT2D eigenvalue weighted by atomic mass is 19.4. The lowest BCUT2D eigenvalue weighted by Crippen LogP contribution is -2.27. The third-order valence-electron chi connectivity index (χ3n) is 4.63. The molecule has 0 aromatic carbocycles. The Morgan fingerprint density at radius 3 is 2.37 bits per heavy atom. The van der Waals surface area contributed by atoms with Crippen LogP contribution < -0.4 is 5.32 Å². The van der Waals surface area contributed by atoms with Crippen LogP contribution in [-0.2, 0) is 17.6 Å². The van der Waals surface area contributed by atoms with Crippen molar-refractivity contribution in [2.45, 2.75) is 59.2 Å². The van der Waals surface area contributed by atoms with Gasteiger partial charge in [0, 0.05) is 42.0 Å². The van der Waals surface area contributed by atoms with Crippen LogP contribution >= 0.6 is 0 Å². The molecule has 1 atom stereocenters. The van der Waals surface area contributed by atoms with E-state index in [1.54, 1.807) is 6.07 Å². The predicted octanol–water partition coefficient (Wildman–Crippen LogP) is 4.54. The van der Waals surface area contributed by atoms with Gasteiger partial charge in [-0.3, -0.25) is 19.6 Å². The van der Waals surface area contributed by atoms with Crippen LogP contribution in [0, 0.1) is 12.8 Å². The molecule has 0 saturated heterocycles. The van der Waals surface area contributed by atoms with Gasteiger partial charge < -0.3 is 5.32 Å². The molecule has 8 heteroatoms. The van der Waals surface area contributed by atoms with Gasteiger partial charge in [-0.05, 0) is 50.1 Å². The maximum Gasteiger partial charge on any atom is 0.389 e. The molecular weight excluding hydrogens is 395 g/mol. The quantitative estimate of drug-likeness (QED) is 0.679. The molecule has 0 aliphatic carbocycles. The van der Waals surface area contributed by atoms with Crippen molar-refractivity contribution in [3.63, 3.8) is 0 Å². The van der Waals surface area contributed by atoms with E-state index in [0.717, 1.165) is 11.3 Å². The minimum atomic E-state index is -4.24. The fourth-order valence-electron chi connectivity index (χ4n) is 2.83. The Morgan fingerprint density at radius 2 is 1.80 bits per heavy atom. The lowest BCUT2D eigenvalue weighted by Gasteiger charge is -2.16. The van der Waals surface area contributed by atoms with Gasteiger partial charge in [0.2, 0.25) is 0 Å². The van der Waals surface area contributed by atoms with E-state index < -0.39 is 12.6 Å². The van der Waals surface area contributed by atoms with Crippen molar-refractivity contribution in [1.29, 1.82) is 0 Å². The first-order valence-electron chi connectivity index (χ1n) is 9.77. The Balaban J connectivity index is 2.04. The third-order valence-corrected chi connectivity index (χ3v) is 4.63. The number of nitrogens with one attached hydrogen (secondary N) is 1. The van der Waals surface area contributed by atoms with E-state index >= 15 is 0 Å². The van der Waals surface area contributed by atoms with Crippen LogP contribution in [0.5, 0.6) is 0 Å². The van der Waals surface area contributed by atoms with Crippen LogP contribution in [0.3, 0.4) is 0 Å². The number of alkyl halides is 3. The van der Waals surface area contributed by atoms with E-state index in [4.69, 9.17) is 0 Å². The molecule has 1 unspecified atom stereocenters. The van der Waals surface area contributed by atoms with Crippen molar-refractivity contribution in [2.75, 3.05) is 0 Å². The number of rotatable bonds is 8. The number of carbonyl (C=O) groups excluding carboxylic acids is 2. The van der Waals surface area contributed by atoms with Crippen LogP contribution in [0.1, 0.15) is 66.2 Å². The molecule has 2 aromatic heterocycles. The molecule has 0 aliphatic heterocycles. The number of Topliss-reactive ketones (excluding diaryl/α,β-unsaturated/α-hetero) is 1.